The maximum atomic E-state index is 12.5. The highest BCUT2D eigenvalue weighted by molar-refractivity contribution is 7.91. The third-order valence-electron chi connectivity index (χ3n) is 3.00. The number of nitrogens with zero attached hydrogens (tertiary/aromatic N) is 1. The first-order valence-corrected chi connectivity index (χ1v) is 10.1. The van der Waals surface area contributed by atoms with Crippen LogP contribution in [0.2, 0.25) is 0 Å². The lowest BCUT2D eigenvalue weighted by Crippen LogP contribution is -2.32. The van der Waals surface area contributed by atoms with E-state index in [2.05, 4.69) is 5.32 Å². The second-order valence-electron chi connectivity index (χ2n) is 4.84. The van der Waals surface area contributed by atoms with Crippen LogP contribution in [0.15, 0.2) is 29.2 Å². The third-order valence-corrected chi connectivity index (χ3v) is 5.88. The molecule has 0 saturated carbocycles. The van der Waals surface area contributed by atoms with Gasteiger partial charge in [-0.2, -0.15) is 4.31 Å². The number of nitrogens with one attached hydrogen (secondary N) is 1. The quantitative estimate of drug-likeness (QED) is 0.747. The summed E-state index contributed by atoms with van der Waals surface area (Å²) in [5, 5.41) is 3.09. The van der Waals surface area contributed by atoms with Crippen LogP contribution in [0, 0.1) is 0 Å². The van der Waals surface area contributed by atoms with Crippen molar-refractivity contribution in [3.8, 4) is 0 Å². The molecule has 120 valence electrons. The van der Waals surface area contributed by atoms with E-state index in [0.717, 1.165) is 17.1 Å². The summed E-state index contributed by atoms with van der Waals surface area (Å²) in [5.41, 5.74) is 0.672. The molecule has 0 fully saturated rings. The van der Waals surface area contributed by atoms with Crippen LogP contribution < -0.4 is 5.32 Å². The van der Waals surface area contributed by atoms with Gasteiger partial charge in [0.15, 0.2) is 0 Å². The summed E-state index contributed by atoms with van der Waals surface area (Å²) in [4.78, 5) is 0.210. The van der Waals surface area contributed by atoms with Gasteiger partial charge in [-0.15, -0.1) is 0 Å². The maximum Gasteiger partial charge on any atom is 0.243 e. The van der Waals surface area contributed by atoms with E-state index >= 15 is 0 Å². The van der Waals surface area contributed by atoms with Crippen LogP contribution in [0.4, 0.5) is 0 Å². The molecule has 0 aliphatic heterocycles. The second-order valence-corrected chi connectivity index (χ2v) is 9.12. The summed E-state index contributed by atoms with van der Waals surface area (Å²) >= 11 is 0. The Bertz CT molecular complexity index is 669. The van der Waals surface area contributed by atoms with Gasteiger partial charge in [0.2, 0.25) is 10.0 Å². The minimum absolute atomic E-state index is 0.0588. The average molecular weight is 334 g/mol. The summed E-state index contributed by atoms with van der Waals surface area (Å²) in [7, 11) is -5.50. The molecule has 0 spiro atoms. The molecule has 8 heteroatoms. The first-order valence-electron chi connectivity index (χ1n) is 6.61. The summed E-state index contributed by atoms with van der Waals surface area (Å²) in [6.45, 7) is 3.07. The van der Waals surface area contributed by atoms with Crippen LogP contribution in [-0.4, -0.2) is 53.3 Å². The van der Waals surface area contributed by atoms with Gasteiger partial charge in [0.1, 0.15) is 9.84 Å². The number of rotatable bonds is 8. The molecule has 0 aromatic heterocycles. The Morgan fingerprint density at radius 3 is 2.33 bits per heavy atom. The van der Waals surface area contributed by atoms with E-state index in [-0.39, 0.29) is 17.2 Å². The molecular formula is C13H22N2O4S2. The molecule has 0 aliphatic rings. The zero-order valence-electron chi connectivity index (χ0n) is 12.5. The standard InChI is InChI=1S/C13H22N2O4S2/c1-4-14-11-12-7-5-6-8-13(12)21(18,19)15(2)9-10-20(3,16)17/h5-8,14H,4,9-11H2,1-3H3. The molecule has 0 bridgehead atoms. The van der Waals surface area contributed by atoms with E-state index in [1.54, 1.807) is 24.3 Å². The Balaban J connectivity index is 3.01. The van der Waals surface area contributed by atoms with Gasteiger partial charge in [0, 0.05) is 26.4 Å². The lowest BCUT2D eigenvalue weighted by Gasteiger charge is -2.19. The fraction of sp³-hybridized carbons (Fsp3) is 0.538. The molecular weight excluding hydrogens is 312 g/mol. The van der Waals surface area contributed by atoms with E-state index in [0.29, 0.717) is 12.1 Å². The van der Waals surface area contributed by atoms with Crippen LogP contribution in [0.3, 0.4) is 0 Å². The van der Waals surface area contributed by atoms with Crippen molar-refractivity contribution < 1.29 is 16.8 Å². The van der Waals surface area contributed by atoms with Crippen molar-refractivity contribution in [3.63, 3.8) is 0 Å². The molecule has 1 aromatic rings. The highest BCUT2D eigenvalue weighted by Crippen LogP contribution is 2.19. The predicted octanol–water partition coefficient (Wildman–Crippen LogP) is 0.461. The first kappa shape index (κ1) is 18.1. The Morgan fingerprint density at radius 2 is 1.76 bits per heavy atom. The summed E-state index contributed by atoms with van der Waals surface area (Å²) < 4.78 is 48.5. The van der Waals surface area contributed by atoms with E-state index < -0.39 is 19.9 Å². The summed E-state index contributed by atoms with van der Waals surface area (Å²) in [5.74, 6) is -0.196. The predicted molar refractivity (Wildman–Crippen MR) is 83.3 cm³/mol. The molecule has 1 rings (SSSR count). The lowest BCUT2D eigenvalue weighted by atomic mass is 10.2. The molecule has 0 atom stereocenters. The average Bonchev–Trinajstić information content (AvgIpc) is 2.41. The van der Waals surface area contributed by atoms with Gasteiger partial charge in [-0.25, -0.2) is 16.8 Å². The van der Waals surface area contributed by atoms with Crippen molar-refractivity contribution in [2.45, 2.75) is 18.4 Å². The zero-order chi connectivity index (χ0) is 16.1. The smallest absolute Gasteiger partial charge is 0.243 e. The highest BCUT2D eigenvalue weighted by Gasteiger charge is 2.24. The number of benzene rings is 1. The Labute approximate surface area is 127 Å². The van der Waals surface area contributed by atoms with E-state index in [9.17, 15) is 16.8 Å². The van der Waals surface area contributed by atoms with E-state index in [1.165, 1.54) is 7.05 Å². The Morgan fingerprint density at radius 1 is 1.14 bits per heavy atom. The largest absolute Gasteiger partial charge is 0.313 e. The molecule has 0 unspecified atom stereocenters. The Kier molecular flexibility index (Phi) is 6.33. The lowest BCUT2D eigenvalue weighted by molar-refractivity contribution is 0.483. The van der Waals surface area contributed by atoms with Crippen molar-refractivity contribution in [3.05, 3.63) is 29.8 Å². The number of sulfonamides is 1. The van der Waals surface area contributed by atoms with Crippen molar-refractivity contribution in [2.75, 3.05) is 32.1 Å². The molecule has 0 saturated heterocycles. The van der Waals surface area contributed by atoms with Gasteiger partial charge < -0.3 is 5.32 Å². The normalized spacial score (nSPS) is 12.8. The number of hydrogen-bond donors (Lipinski definition) is 1. The van der Waals surface area contributed by atoms with Crippen LogP contribution in [0.5, 0.6) is 0 Å². The molecule has 1 aromatic carbocycles. The van der Waals surface area contributed by atoms with Gasteiger partial charge in [-0.3, -0.25) is 0 Å². The highest BCUT2D eigenvalue weighted by atomic mass is 32.2. The van der Waals surface area contributed by atoms with Crippen molar-refractivity contribution in [1.29, 1.82) is 0 Å². The third kappa shape index (κ3) is 5.39. The van der Waals surface area contributed by atoms with Crippen LogP contribution in [0.1, 0.15) is 12.5 Å². The Hall–Kier alpha value is -0.960. The van der Waals surface area contributed by atoms with Gasteiger partial charge in [0.05, 0.1) is 10.6 Å². The minimum atomic E-state index is -3.69. The van der Waals surface area contributed by atoms with Gasteiger partial charge in [-0.05, 0) is 18.2 Å². The van der Waals surface area contributed by atoms with Gasteiger partial charge in [0.25, 0.3) is 0 Å². The van der Waals surface area contributed by atoms with E-state index in [4.69, 9.17) is 0 Å². The van der Waals surface area contributed by atoms with Gasteiger partial charge in [-0.1, -0.05) is 25.1 Å². The second kappa shape index (κ2) is 7.35. The maximum absolute atomic E-state index is 12.5. The first-order chi connectivity index (χ1) is 9.68. The monoisotopic (exact) mass is 334 g/mol. The molecule has 21 heavy (non-hydrogen) atoms. The van der Waals surface area contributed by atoms with Crippen molar-refractivity contribution in [1.82, 2.24) is 9.62 Å². The summed E-state index contributed by atoms with van der Waals surface area (Å²) in [6.07, 6.45) is 1.09. The number of hydrogen-bond acceptors (Lipinski definition) is 5. The SMILES string of the molecule is CCNCc1ccccc1S(=O)(=O)N(C)CCS(C)(=O)=O. The number of sulfone groups is 1. The topological polar surface area (TPSA) is 83.6 Å². The van der Waals surface area contributed by atoms with E-state index in [1.807, 2.05) is 6.92 Å². The molecule has 0 aliphatic carbocycles. The van der Waals surface area contributed by atoms with Crippen LogP contribution in [0.25, 0.3) is 0 Å². The molecule has 0 heterocycles. The van der Waals surface area contributed by atoms with Crippen molar-refractivity contribution >= 4 is 19.9 Å². The molecule has 0 radical (unpaired) electrons. The van der Waals surface area contributed by atoms with Crippen molar-refractivity contribution in [2.24, 2.45) is 0 Å². The minimum Gasteiger partial charge on any atom is -0.313 e. The van der Waals surface area contributed by atoms with Crippen LogP contribution in [-0.2, 0) is 26.4 Å². The summed E-state index contributed by atoms with van der Waals surface area (Å²) in [6, 6.07) is 6.73. The molecule has 1 N–H and O–H groups in total. The fourth-order valence-corrected chi connectivity index (χ4v) is 3.85. The van der Waals surface area contributed by atoms with Crippen LogP contribution >= 0.6 is 0 Å². The van der Waals surface area contributed by atoms with Gasteiger partial charge >= 0.3 is 0 Å². The zero-order valence-corrected chi connectivity index (χ0v) is 14.2. The molecule has 6 nitrogen and oxygen atoms in total. The molecule has 0 amide bonds. The fourth-order valence-electron chi connectivity index (χ4n) is 1.74.